The maximum atomic E-state index is 9.87. The van der Waals surface area contributed by atoms with E-state index in [1.807, 2.05) is 24.3 Å². The smallest absolute Gasteiger partial charge is 0.118 e. The van der Waals surface area contributed by atoms with E-state index in [-0.39, 0.29) is 12.6 Å². The van der Waals surface area contributed by atoms with Gasteiger partial charge in [0.1, 0.15) is 11.5 Å². The van der Waals surface area contributed by atoms with Crippen LogP contribution in [-0.2, 0) is 13.1 Å². The first-order chi connectivity index (χ1) is 12.7. The van der Waals surface area contributed by atoms with Crippen molar-refractivity contribution >= 4 is 0 Å². The molecule has 0 amide bonds. The quantitative estimate of drug-likeness (QED) is 0.825. The molecule has 1 fully saturated rings. The molecule has 0 radical (unpaired) electrons. The van der Waals surface area contributed by atoms with Crippen molar-refractivity contribution in [1.29, 1.82) is 0 Å². The Labute approximate surface area is 155 Å². The van der Waals surface area contributed by atoms with Crippen LogP contribution in [-0.4, -0.2) is 61.4 Å². The molecule has 0 aliphatic carbocycles. The topological polar surface area (TPSA) is 45.2 Å². The van der Waals surface area contributed by atoms with Gasteiger partial charge in [-0.15, -0.1) is 0 Å². The zero-order chi connectivity index (χ0) is 18.4. The molecule has 0 aromatic heterocycles. The van der Waals surface area contributed by atoms with E-state index in [1.165, 1.54) is 11.1 Å². The largest absolute Gasteiger partial charge is 0.497 e. The van der Waals surface area contributed by atoms with Gasteiger partial charge >= 0.3 is 0 Å². The Kier molecular flexibility index (Phi) is 6.50. The molecule has 0 spiro atoms. The second-order valence-corrected chi connectivity index (χ2v) is 6.74. The zero-order valence-corrected chi connectivity index (χ0v) is 15.6. The first kappa shape index (κ1) is 18.7. The van der Waals surface area contributed by atoms with Gasteiger partial charge in [0.15, 0.2) is 0 Å². The zero-order valence-electron chi connectivity index (χ0n) is 15.6. The van der Waals surface area contributed by atoms with Crippen LogP contribution >= 0.6 is 0 Å². The number of nitrogens with zero attached hydrogens (tertiary/aromatic N) is 2. The number of piperazine rings is 1. The lowest BCUT2D eigenvalue weighted by Crippen LogP contribution is -2.53. The molecule has 1 heterocycles. The Morgan fingerprint density at radius 2 is 1.38 bits per heavy atom. The summed E-state index contributed by atoms with van der Waals surface area (Å²) < 4.78 is 10.4. The summed E-state index contributed by atoms with van der Waals surface area (Å²) in [6.45, 7) is 4.75. The standard InChI is InChI=1S/C21H28N2O3/c1-25-20-7-3-17(4-8-20)13-22-11-12-23(19(15-22)16-24)14-18-5-9-21(26-2)10-6-18/h3-10,19,24H,11-16H2,1-2H3/t19-/m1/s1. The van der Waals surface area contributed by atoms with Crippen LogP contribution in [0.15, 0.2) is 48.5 Å². The van der Waals surface area contributed by atoms with Crippen LogP contribution in [0.3, 0.4) is 0 Å². The minimum Gasteiger partial charge on any atom is -0.497 e. The van der Waals surface area contributed by atoms with Gasteiger partial charge < -0.3 is 14.6 Å². The van der Waals surface area contributed by atoms with Crippen molar-refractivity contribution in [3.05, 3.63) is 59.7 Å². The first-order valence-electron chi connectivity index (χ1n) is 9.05. The molecule has 1 saturated heterocycles. The van der Waals surface area contributed by atoms with Crippen molar-refractivity contribution in [2.45, 2.75) is 19.1 Å². The van der Waals surface area contributed by atoms with Crippen LogP contribution in [0.25, 0.3) is 0 Å². The van der Waals surface area contributed by atoms with Crippen LogP contribution in [0, 0.1) is 0 Å². The highest BCUT2D eigenvalue weighted by Crippen LogP contribution is 2.19. The van der Waals surface area contributed by atoms with Gasteiger partial charge in [-0.2, -0.15) is 0 Å². The summed E-state index contributed by atoms with van der Waals surface area (Å²) in [6, 6.07) is 16.5. The highest BCUT2D eigenvalue weighted by molar-refractivity contribution is 5.28. The molecule has 1 aliphatic rings. The molecule has 140 valence electrons. The van der Waals surface area contributed by atoms with E-state index in [2.05, 4.69) is 34.1 Å². The number of rotatable bonds is 7. The summed E-state index contributed by atoms with van der Waals surface area (Å²) in [4.78, 5) is 4.78. The van der Waals surface area contributed by atoms with Crippen molar-refractivity contribution in [3.8, 4) is 11.5 Å². The lowest BCUT2D eigenvalue weighted by molar-refractivity contribution is 0.0316. The molecule has 1 aliphatic heterocycles. The molecule has 1 atom stereocenters. The van der Waals surface area contributed by atoms with Gasteiger partial charge in [-0.3, -0.25) is 9.80 Å². The minimum absolute atomic E-state index is 0.157. The summed E-state index contributed by atoms with van der Waals surface area (Å²) in [7, 11) is 3.36. The number of hydrogen-bond donors (Lipinski definition) is 1. The van der Waals surface area contributed by atoms with Crippen molar-refractivity contribution < 1.29 is 14.6 Å². The molecule has 0 saturated carbocycles. The van der Waals surface area contributed by atoms with E-state index in [9.17, 15) is 5.11 Å². The molecule has 3 rings (SSSR count). The van der Waals surface area contributed by atoms with Crippen LogP contribution in [0.2, 0.25) is 0 Å². The van der Waals surface area contributed by atoms with Crippen LogP contribution in [0.5, 0.6) is 11.5 Å². The van der Waals surface area contributed by atoms with E-state index in [0.29, 0.717) is 0 Å². The van der Waals surface area contributed by atoms with Gasteiger partial charge in [-0.1, -0.05) is 24.3 Å². The van der Waals surface area contributed by atoms with Crippen molar-refractivity contribution in [1.82, 2.24) is 9.80 Å². The number of ether oxygens (including phenoxy) is 2. The molecule has 0 bridgehead atoms. The molecule has 2 aromatic carbocycles. The fourth-order valence-corrected chi connectivity index (χ4v) is 3.44. The molecule has 5 nitrogen and oxygen atoms in total. The van der Waals surface area contributed by atoms with Gasteiger partial charge in [-0.25, -0.2) is 0 Å². The third-order valence-electron chi connectivity index (χ3n) is 5.01. The Hall–Kier alpha value is -2.08. The SMILES string of the molecule is COc1ccc(CN2CCN(Cc3ccc(OC)cc3)[C@@H](CO)C2)cc1. The van der Waals surface area contributed by atoms with Crippen LogP contribution in [0.1, 0.15) is 11.1 Å². The highest BCUT2D eigenvalue weighted by Gasteiger charge is 2.26. The lowest BCUT2D eigenvalue weighted by Gasteiger charge is -2.40. The van der Waals surface area contributed by atoms with Crippen LogP contribution in [0.4, 0.5) is 0 Å². The lowest BCUT2D eigenvalue weighted by atomic mass is 10.1. The summed E-state index contributed by atoms with van der Waals surface area (Å²) in [5.74, 6) is 1.75. The first-order valence-corrected chi connectivity index (χ1v) is 9.05. The normalized spacial score (nSPS) is 18.7. The average Bonchev–Trinajstić information content (AvgIpc) is 2.70. The highest BCUT2D eigenvalue weighted by atomic mass is 16.5. The predicted molar refractivity (Wildman–Crippen MR) is 103 cm³/mol. The number of hydrogen-bond acceptors (Lipinski definition) is 5. The number of aliphatic hydroxyl groups excluding tert-OH is 1. The Bertz CT molecular complexity index is 673. The van der Waals surface area contributed by atoms with E-state index in [1.54, 1.807) is 14.2 Å². The van der Waals surface area contributed by atoms with Crippen LogP contribution < -0.4 is 9.47 Å². The summed E-state index contributed by atoms with van der Waals surface area (Å²) in [5, 5.41) is 9.87. The van der Waals surface area contributed by atoms with E-state index >= 15 is 0 Å². The Morgan fingerprint density at radius 1 is 0.846 bits per heavy atom. The number of methoxy groups -OCH3 is 2. The molecular formula is C21H28N2O3. The van der Waals surface area contributed by atoms with E-state index in [4.69, 9.17) is 9.47 Å². The summed E-state index contributed by atoms with van der Waals surface area (Å²) in [5.41, 5.74) is 2.51. The van der Waals surface area contributed by atoms with Gasteiger partial charge in [0.2, 0.25) is 0 Å². The summed E-state index contributed by atoms with van der Waals surface area (Å²) >= 11 is 0. The molecule has 0 unspecified atom stereocenters. The fourth-order valence-electron chi connectivity index (χ4n) is 3.44. The molecule has 5 heteroatoms. The van der Waals surface area contributed by atoms with Crippen molar-refractivity contribution in [2.75, 3.05) is 40.5 Å². The van der Waals surface area contributed by atoms with E-state index in [0.717, 1.165) is 44.2 Å². The average molecular weight is 356 g/mol. The second kappa shape index (κ2) is 9.03. The third-order valence-corrected chi connectivity index (χ3v) is 5.01. The van der Waals surface area contributed by atoms with Gasteiger partial charge in [0, 0.05) is 38.8 Å². The second-order valence-electron chi connectivity index (χ2n) is 6.74. The van der Waals surface area contributed by atoms with Crippen molar-refractivity contribution in [2.24, 2.45) is 0 Å². The number of benzene rings is 2. The van der Waals surface area contributed by atoms with Gasteiger partial charge in [-0.05, 0) is 35.4 Å². The molecular weight excluding hydrogens is 328 g/mol. The Morgan fingerprint density at radius 3 is 1.88 bits per heavy atom. The number of aliphatic hydroxyl groups is 1. The van der Waals surface area contributed by atoms with Crippen molar-refractivity contribution in [3.63, 3.8) is 0 Å². The fraction of sp³-hybridized carbons (Fsp3) is 0.429. The minimum atomic E-state index is 0.157. The monoisotopic (exact) mass is 356 g/mol. The summed E-state index contributed by atoms with van der Waals surface area (Å²) in [6.07, 6.45) is 0. The van der Waals surface area contributed by atoms with E-state index < -0.39 is 0 Å². The third kappa shape index (κ3) is 4.75. The maximum Gasteiger partial charge on any atom is 0.118 e. The molecule has 1 N–H and O–H groups in total. The van der Waals surface area contributed by atoms with Gasteiger partial charge in [0.25, 0.3) is 0 Å². The molecule has 26 heavy (non-hydrogen) atoms. The predicted octanol–water partition coefficient (Wildman–Crippen LogP) is 2.38. The Balaban J connectivity index is 1.56. The van der Waals surface area contributed by atoms with Gasteiger partial charge in [0.05, 0.1) is 20.8 Å². The molecule has 2 aromatic rings. The maximum absolute atomic E-state index is 9.87.